The molecule has 0 N–H and O–H groups in total. The Morgan fingerprint density at radius 2 is 2.33 bits per heavy atom. The minimum atomic E-state index is 0.373. The minimum absolute atomic E-state index is 0.373. The Labute approximate surface area is 94.1 Å². The number of hydrogen-bond acceptors (Lipinski definition) is 2. The van der Waals surface area contributed by atoms with Crippen molar-refractivity contribution in [2.75, 3.05) is 13.7 Å². The van der Waals surface area contributed by atoms with Gasteiger partial charge in [0.1, 0.15) is 0 Å². The van der Waals surface area contributed by atoms with Gasteiger partial charge in [-0.05, 0) is 50.7 Å². The van der Waals surface area contributed by atoms with Gasteiger partial charge in [-0.1, -0.05) is 13.3 Å². The van der Waals surface area contributed by atoms with Gasteiger partial charge in [0.05, 0.1) is 6.04 Å². The number of ether oxygens (including phenoxy) is 1. The van der Waals surface area contributed by atoms with Crippen molar-refractivity contribution >= 4 is 6.72 Å². The monoisotopic (exact) mass is 211 g/mol. The van der Waals surface area contributed by atoms with Gasteiger partial charge in [0.15, 0.2) is 0 Å². The second kappa shape index (κ2) is 5.64. The highest BCUT2D eigenvalue weighted by atomic mass is 16.5. The van der Waals surface area contributed by atoms with Crippen LogP contribution < -0.4 is 0 Å². The molecule has 2 nitrogen and oxygen atoms in total. The van der Waals surface area contributed by atoms with E-state index in [1.165, 1.54) is 25.7 Å². The number of rotatable bonds is 6. The van der Waals surface area contributed by atoms with Crippen molar-refractivity contribution in [2.24, 2.45) is 16.3 Å². The lowest BCUT2D eigenvalue weighted by molar-refractivity contribution is 0.119. The average molecular weight is 211 g/mol. The summed E-state index contributed by atoms with van der Waals surface area (Å²) in [4.78, 5) is 4.26. The predicted molar refractivity (Wildman–Crippen MR) is 65.6 cm³/mol. The molecule has 0 spiro atoms. The van der Waals surface area contributed by atoms with Crippen molar-refractivity contribution < 1.29 is 4.74 Å². The molecule has 0 radical (unpaired) electrons. The van der Waals surface area contributed by atoms with Gasteiger partial charge in [0.2, 0.25) is 0 Å². The Morgan fingerprint density at radius 1 is 1.60 bits per heavy atom. The summed E-state index contributed by atoms with van der Waals surface area (Å²) < 4.78 is 5.23. The van der Waals surface area contributed by atoms with E-state index in [9.17, 15) is 0 Å². The van der Waals surface area contributed by atoms with Crippen LogP contribution in [0.2, 0.25) is 0 Å². The zero-order valence-corrected chi connectivity index (χ0v) is 10.5. The molecule has 0 aromatic heterocycles. The van der Waals surface area contributed by atoms with Gasteiger partial charge >= 0.3 is 0 Å². The van der Waals surface area contributed by atoms with Crippen LogP contribution in [0.4, 0.5) is 0 Å². The number of aliphatic imine (C=N–C) groups is 1. The summed E-state index contributed by atoms with van der Waals surface area (Å²) in [5, 5.41) is 0. The zero-order chi connectivity index (χ0) is 11.3. The molecule has 15 heavy (non-hydrogen) atoms. The van der Waals surface area contributed by atoms with Crippen molar-refractivity contribution in [1.82, 2.24) is 0 Å². The largest absolute Gasteiger partial charge is 0.385 e. The standard InChI is InChI=1S/C13H25NO/c1-5-12-6-7-13(10-12,8-9-15-4)11(2)14-3/h11-12H,3,5-10H2,1-2,4H3. The normalized spacial score (nSPS) is 32.9. The number of hydrogen-bond donors (Lipinski definition) is 0. The molecule has 1 saturated carbocycles. The Hall–Kier alpha value is -0.370. The highest BCUT2D eigenvalue weighted by Gasteiger charge is 2.41. The zero-order valence-electron chi connectivity index (χ0n) is 10.5. The van der Waals surface area contributed by atoms with Gasteiger partial charge in [-0.3, -0.25) is 4.99 Å². The first-order chi connectivity index (χ1) is 7.18. The predicted octanol–water partition coefficient (Wildman–Crippen LogP) is 3.31. The van der Waals surface area contributed by atoms with Gasteiger partial charge in [0, 0.05) is 13.7 Å². The third kappa shape index (κ3) is 2.81. The lowest BCUT2D eigenvalue weighted by Gasteiger charge is -2.33. The van der Waals surface area contributed by atoms with E-state index in [0.29, 0.717) is 11.5 Å². The molecule has 3 atom stereocenters. The Bertz CT molecular complexity index is 205. The fraction of sp³-hybridized carbons (Fsp3) is 0.923. The van der Waals surface area contributed by atoms with Crippen molar-refractivity contribution in [3.63, 3.8) is 0 Å². The first-order valence-electron chi connectivity index (χ1n) is 6.13. The first-order valence-corrected chi connectivity index (χ1v) is 6.13. The average Bonchev–Trinajstić information content (AvgIpc) is 2.70. The van der Waals surface area contributed by atoms with Crippen LogP contribution in [0.1, 0.15) is 46.0 Å². The summed E-state index contributed by atoms with van der Waals surface area (Å²) in [5.74, 6) is 0.894. The molecule has 1 fully saturated rings. The van der Waals surface area contributed by atoms with Crippen LogP contribution in [-0.2, 0) is 4.74 Å². The summed E-state index contributed by atoms with van der Waals surface area (Å²) in [7, 11) is 1.78. The Morgan fingerprint density at radius 3 is 2.80 bits per heavy atom. The van der Waals surface area contributed by atoms with Crippen LogP contribution in [-0.4, -0.2) is 26.5 Å². The summed E-state index contributed by atoms with van der Waals surface area (Å²) in [6.45, 7) is 9.08. The molecule has 1 aliphatic rings. The summed E-state index contributed by atoms with van der Waals surface area (Å²) in [5.41, 5.74) is 0.373. The minimum Gasteiger partial charge on any atom is -0.385 e. The molecular formula is C13H25NO. The van der Waals surface area contributed by atoms with Crippen molar-refractivity contribution in [1.29, 1.82) is 0 Å². The molecule has 0 aliphatic heterocycles. The maximum Gasteiger partial charge on any atom is 0.0521 e. The summed E-state index contributed by atoms with van der Waals surface area (Å²) in [6.07, 6.45) is 6.42. The molecule has 0 aromatic rings. The van der Waals surface area contributed by atoms with Crippen LogP contribution in [0.3, 0.4) is 0 Å². The van der Waals surface area contributed by atoms with E-state index in [0.717, 1.165) is 18.9 Å². The molecule has 0 heterocycles. The fourth-order valence-electron chi connectivity index (χ4n) is 2.93. The van der Waals surface area contributed by atoms with Crippen molar-refractivity contribution in [3.8, 4) is 0 Å². The van der Waals surface area contributed by atoms with Gasteiger partial charge in [0.25, 0.3) is 0 Å². The maximum atomic E-state index is 5.23. The van der Waals surface area contributed by atoms with Gasteiger partial charge < -0.3 is 4.74 Å². The molecule has 1 aliphatic carbocycles. The van der Waals surface area contributed by atoms with Crippen molar-refractivity contribution in [2.45, 2.75) is 52.0 Å². The second-order valence-electron chi connectivity index (χ2n) is 4.98. The van der Waals surface area contributed by atoms with Crippen molar-refractivity contribution in [3.05, 3.63) is 0 Å². The molecule has 88 valence electrons. The Balaban J connectivity index is 2.65. The lowest BCUT2D eigenvalue weighted by atomic mass is 9.76. The molecule has 0 saturated heterocycles. The number of nitrogens with zero attached hydrogens (tertiary/aromatic N) is 1. The van der Waals surface area contributed by atoms with Crippen LogP contribution in [0.5, 0.6) is 0 Å². The van der Waals surface area contributed by atoms with Crippen LogP contribution >= 0.6 is 0 Å². The van der Waals surface area contributed by atoms with Crippen LogP contribution in [0.15, 0.2) is 4.99 Å². The molecule has 0 amide bonds. The van der Waals surface area contributed by atoms with Crippen LogP contribution in [0.25, 0.3) is 0 Å². The maximum absolute atomic E-state index is 5.23. The first kappa shape index (κ1) is 12.7. The quantitative estimate of drug-likeness (QED) is 0.618. The smallest absolute Gasteiger partial charge is 0.0521 e. The third-order valence-corrected chi connectivity index (χ3v) is 4.29. The summed E-state index contributed by atoms with van der Waals surface area (Å²) >= 11 is 0. The van der Waals surface area contributed by atoms with E-state index in [1.54, 1.807) is 7.11 Å². The Kier molecular flexibility index (Phi) is 4.78. The second-order valence-corrected chi connectivity index (χ2v) is 4.98. The van der Waals surface area contributed by atoms with E-state index in [-0.39, 0.29) is 0 Å². The summed E-state index contributed by atoms with van der Waals surface area (Å²) in [6, 6.07) is 0.379. The topological polar surface area (TPSA) is 21.6 Å². The van der Waals surface area contributed by atoms with Gasteiger partial charge in [-0.25, -0.2) is 0 Å². The van der Waals surface area contributed by atoms with Crippen LogP contribution in [0, 0.1) is 11.3 Å². The molecule has 3 unspecified atom stereocenters. The van der Waals surface area contributed by atoms with E-state index in [4.69, 9.17) is 4.74 Å². The molecule has 1 rings (SSSR count). The highest BCUT2D eigenvalue weighted by Crippen LogP contribution is 2.48. The molecule has 0 bridgehead atoms. The van der Waals surface area contributed by atoms with E-state index in [1.807, 2.05) is 0 Å². The highest BCUT2D eigenvalue weighted by molar-refractivity contribution is 5.24. The van der Waals surface area contributed by atoms with E-state index in [2.05, 4.69) is 25.6 Å². The fourth-order valence-corrected chi connectivity index (χ4v) is 2.93. The van der Waals surface area contributed by atoms with Gasteiger partial charge in [-0.2, -0.15) is 0 Å². The van der Waals surface area contributed by atoms with E-state index >= 15 is 0 Å². The molecule has 2 heteroatoms. The molecular weight excluding hydrogens is 186 g/mol. The third-order valence-electron chi connectivity index (χ3n) is 4.29. The lowest BCUT2D eigenvalue weighted by Crippen LogP contribution is -2.30. The molecule has 0 aromatic carbocycles. The SMILES string of the molecule is C=NC(C)C1(CCOC)CCC(CC)C1. The number of methoxy groups -OCH3 is 1. The van der Waals surface area contributed by atoms with E-state index < -0.39 is 0 Å². The van der Waals surface area contributed by atoms with Gasteiger partial charge in [-0.15, -0.1) is 0 Å².